The van der Waals surface area contributed by atoms with Gasteiger partial charge in [0.1, 0.15) is 11.6 Å². The molecule has 1 heterocycles. The summed E-state index contributed by atoms with van der Waals surface area (Å²) in [6.45, 7) is 1.70. The summed E-state index contributed by atoms with van der Waals surface area (Å²) in [5.74, 6) is -1.51. The summed E-state index contributed by atoms with van der Waals surface area (Å²) in [7, 11) is 1.27. The van der Waals surface area contributed by atoms with Crippen molar-refractivity contribution in [2.45, 2.75) is 13.0 Å². The van der Waals surface area contributed by atoms with Crippen LogP contribution < -0.4 is 10.2 Å². The molecule has 1 aliphatic heterocycles. The maximum atomic E-state index is 13.5. The largest absolute Gasteiger partial charge is 0.466 e. The Labute approximate surface area is 165 Å². The molecule has 2 aromatic carbocycles. The van der Waals surface area contributed by atoms with E-state index in [1.54, 1.807) is 24.0 Å². The van der Waals surface area contributed by atoms with E-state index in [4.69, 9.17) is 28.6 Å². The molecule has 2 aromatic rings. The minimum atomic E-state index is -0.613. The Morgan fingerprint density at radius 3 is 2.48 bits per heavy atom. The van der Waals surface area contributed by atoms with Crippen molar-refractivity contribution >= 4 is 40.6 Å². The zero-order valence-corrected chi connectivity index (χ0v) is 16.0. The Morgan fingerprint density at radius 1 is 1.22 bits per heavy atom. The van der Waals surface area contributed by atoms with Crippen molar-refractivity contribution < 1.29 is 18.3 Å². The Morgan fingerprint density at radius 2 is 1.89 bits per heavy atom. The maximum absolute atomic E-state index is 13.5. The number of benzene rings is 2. The van der Waals surface area contributed by atoms with Crippen molar-refractivity contribution in [3.63, 3.8) is 0 Å². The number of ether oxygens (including phenoxy) is 1. The van der Waals surface area contributed by atoms with Crippen LogP contribution >= 0.6 is 23.8 Å². The second-order valence-corrected chi connectivity index (χ2v) is 6.65. The van der Waals surface area contributed by atoms with Gasteiger partial charge in [-0.1, -0.05) is 23.7 Å². The zero-order chi connectivity index (χ0) is 19.7. The van der Waals surface area contributed by atoms with Crippen molar-refractivity contribution in [3.8, 4) is 0 Å². The summed E-state index contributed by atoms with van der Waals surface area (Å²) >= 11 is 11.3. The normalized spacial score (nSPS) is 17.0. The van der Waals surface area contributed by atoms with Gasteiger partial charge in [-0.05, 0) is 55.0 Å². The van der Waals surface area contributed by atoms with Crippen LogP contribution in [0.5, 0.6) is 0 Å². The smallest absolute Gasteiger partial charge is 0.337 e. The van der Waals surface area contributed by atoms with Crippen LogP contribution in [0.1, 0.15) is 18.5 Å². The molecule has 27 heavy (non-hydrogen) atoms. The van der Waals surface area contributed by atoms with Crippen LogP contribution in [0.4, 0.5) is 14.5 Å². The standard InChI is InChI=1S/C19H15ClF2N2O2S/c1-10-16(18(25)26-2)17(11-3-5-12(21)6-4-11)23-19(27)24(10)13-7-8-15(22)14(20)9-13/h3-9,17H,1-2H3,(H,23,27). The molecular weight excluding hydrogens is 394 g/mol. The molecule has 3 rings (SSSR count). The lowest BCUT2D eigenvalue weighted by molar-refractivity contribution is -0.136. The number of hydrogen-bond acceptors (Lipinski definition) is 3. The minimum Gasteiger partial charge on any atom is -0.466 e. The number of esters is 1. The number of anilines is 1. The van der Waals surface area contributed by atoms with Gasteiger partial charge in [0.05, 0.1) is 23.7 Å². The molecule has 0 aromatic heterocycles. The Balaban J connectivity index is 2.14. The molecular formula is C19H15ClF2N2O2S. The number of nitrogens with zero attached hydrogens (tertiary/aromatic N) is 1. The topological polar surface area (TPSA) is 41.6 Å². The summed E-state index contributed by atoms with van der Waals surface area (Å²) in [4.78, 5) is 14.1. The van der Waals surface area contributed by atoms with E-state index in [1.165, 1.54) is 37.4 Å². The summed E-state index contributed by atoms with van der Waals surface area (Å²) in [6.07, 6.45) is 0. The van der Waals surface area contributed by atoms with Crippen molar-refractivity contribution in [1.29, 1.82) is 0 Å². The maximum Gasteiger partial charge on any atom is 0.337 e. The van der Waals surface area contributed by atoms with Gasteiger partial charge in [-0.2, -0.15) is 0 Å². The summed E-state index contributed by atoms with van der Waals surface area (Å²) in [5.41, 5.74) is 1.95. The lowest BCUT2D eigenvalue weighted by atomic mass is 9.95. The number of methoxy groups -OCH3 is 1. The predicted octanol–water partition coefficient (Wildman–Crippen LogP) is 4.50. The molecule has 0 amide bonds. The number of carbonyl (C=O) groups is 1. The number of hydrogen-bond donors (Lipinski definition) is 1. The van der Waals surface area contributed by atoms with Gasteiger partial charge < -0.3 is 10.1 Å². The number of carbonyl (C=O) groups excluding carboxylic acids is 1. The molecule has 0 saturated carbocycles. The first-order valence-corrected chi connectivity index (χ1v) is 8.72. The van der Waals surface area contributed by atoms with E-state index in [9.17, 15) is 13.6 Å². The van der Waals surface area contributed by atoms with Gasteiger partial charge in [-0.3, -0.25) is 4.90 Å². The van der Waals surface area contributed by atoms with Gasteiger partial charge in [0, 0.05) is 11.4 Å². The van der Waals surface area contributed by atoms with E-state index in [2.05, 4.69) is 5.32 Å². The number of nitrogens with one attached hydrogen (secondary N) is 1. The highest BCUT2D eigenvalue weighted by atomic mass is 35.5. The molecule has 4 nitrogen and oxygen atoms in total. The minimum absolute atomic E-state index is 0.0663. The molecule has 0 fully saturated rings. The second kappa shape index (κ2) is 7.62. The number of rotatable bonds is 3. The van der Waals surface area contributed by atoms with E-state index >= 15 is 0 Å². The van der Waals surface area contributed by atoms with Crippen LogP contribution in [0.15, 0.2) is 53.7 Å². The number of thiocarbonyl (C=S) groups is 1. The molecule has 1 atom stereocenters. The zero-order valence-electron chi connectivity index (χ0n) is 14.4. The Hall–Kier alpha value is -2.51. The number of halogens is 3. The van der Waals surface area contributed by atoms with E-state index in [-0.39, 0.29) is 16.0 Å². The third-order valence-electron chi connectivity index (χ3n) is 4.25. The van der Waals surface area contributed by atoms with Gasteiger partial charge in [-0.15, -0.1) is 0 Å². The van der Waals surface area contributed by atoms with E-state index in [0.717, 1.165) is 0 Å². The molecule has 0 radical (unpaired) electrons. The van der Waals surface area contributed by atoms with Crippen molar-refractivity contribution in [3.05, 3.63) is 76.0 Å². The molecule has 0 saturated heterocycles. The predicted molar refractivity (Wildman–Crippen MR) is 103 cm³/mol. The fourth-order valence-electron chi connectivity index (χ4n) is 2.96. The molecule has 0 bridgehead atoms. The third-order valence-corrected chi connectivity index (χ3v) is 4.84. The van der Waals surface area contributed by atoms with Crippen molar-refractivity contribution in [2.75, 3.05) is 12.0 Å². The summed E-state index contributed by atoms with van der Waals surface area (Å²) in [5, 5.41) is 3.29. The molecule has 0 spiro atoms. The Bertz CT molecular complexity index is 947. The van der Waals surface area contributed by atoms with Gasteiger partial charge >= 0.3 is 5.97 Å². The highest BCUT2D eigenvalue weighted by molar-refractivity contribution is 7.80. The Kier molecular flexibility index (Phi) is 5.43. The van der Waals surface area contributed by atoms with Crippen LogP contribution in [-0.2, 0) is 9.53 Å². The summed E-state index contributed by atoms with van der Waals surface area (Å²) < 4.78 is 31.7. The first-order valence-electron chi connectivity index (χ1n) is 7.93. The average Bonchev–Trinajstić information content (AvgIpc) is 2.64. The fraction of sp³-hybridized carbons (Fsp3) is 0.158. The fourth-order valence-corrected chi connectivity index (χ4v) is 3.49. The van der Waals surface area contributed by atoms with Crippen LogP contribution in [0, 0.1) is 11.6 Å². The van der Waals surface area contributed by atoms with Gasteiger partial charge in [-0.25, -0.2) is 13.6 Å². The first kappa shape index (κ1) is 19.3. The molecule has 1 unspecified atom stereocenters. The molecule has 8 heteroatoms. The van der Waals surface area contributed by atoms with Crippen molar-refractivity contribution in [1.82, 2.24) is 5.32 Å². The van der Waals surface area contributed by atoms with Crippen LogP contribution in [0.3, 0.4) is 0 Å². The third kappa shape index (κ3) is 3.65. The summed E-state index contributed by atoms with van der Waals surface area (Å²) in [6, 6.07) is 9.27. The highest BCUT2D eigenvalue weighted by Gasteiger charge is 2.35. The molecule has 140 valence electrons. The van der Waals surface area contributed by atoms with E-state index in [1.807, 2.05) is 0 Å². The first-order chi connectivity index (χ1) is 12.8. The van der Waals surface area contributed by atoms with E-state index in [0.29, 0.717) is 22.5 Å². The second-order valence-electron chi connectivity index (χ2n) is 5.86. The SMILES string of the molecule is COC(=O)C1=C(C)N(c2ccc(F)c(Cl)c2)C(=S)NC1c1ccc(F)cc1. The lowest BCUT2D eigenvalue weighted by Gasteiger charge is -2.37. The molecule has 1 N–H and O–H groups in total. The lowest BCUT2D eigenvalue weighted by Crippen LogP contribution is -2.48. The van der Waals surface area contributed by atoms with Gasteiger partial charge in [0.2, 0.25) is 0 Å². The highest BCUT2D eigenvalue weighted by Crippen LogP contribution is 2.35. The van der Waals surface area contributed by atoms with Gasteiger partial charge in [0.15, 0.2) is 5.11 Å². The van der Waals surface area contributed by atoms with Crippen molar-refractivity contribution in [2.24, 2.45) is 0 Å². The molecule has 1 aliphatic rings. The van der Waals surface area contributed by atoms with Crippen LogP contribution in [0.2, 0.25) is 5.02 Å². The number of allylic oxidation sites excluding steroid dienone is 1. The van der Waals surface area contributed by atoms with Crippen LogP contribution in [0.25, 0.3) is 0 Å². The van der Waals surface area contributed by atoms with Crippen LogP contribution in [-0.4, -0.2) is 18.2 Å². The van der Waals surface area contributed by atoms with E-state index < -0.39 is 17.8 Å². The average molecular weight is 409 g/mol. The molecule has 0 aliphatic carbocycles. The quantitative estimate of drug-likeness (QED) is 0.598. The van der Waals surface area contributed by atoms with Gasteiger partial charge in [0.25, 0.3) is 0 Å². The monoisotopic (exact) mass is 408 g/mol.